The maximum Gasteiger partial charge on any atom is 0.316 e. The fourth-order valence-corrected chi connectivity index (χ4v) is 3.13. The summed E-state index contributed by atoms with van der Waals surface area (Å²) in [7, 11) is 0. The fraction of sp³-hybridized carbons (Fsp3) is 0.500. The van der Waals surface area contributed by atoms with Gasteiger partial charge in [0.15, 0.2) is 0 Å². The van der Waals surface area contributed by atoms with E-state index in [0.29, 0.717) is 19.0 Å². The molecule has 1 aromatic carbocycles. The van der Waals surface area contributed by atoms with Crippen LogP contribution in [0.25, 0.3) is 11.0 Å². The molecule has 3 rings (SSSR count). The second-order valence-corrected chi connectivity index (χ2v) is 5.67. The summed E-state index contributed by atoms with van der Waals surface area (Å²) in [5, 5.41) is 0. The average Bonchev–Trinajstić information content (AvgIpc) is 2.46. The Morgan fingerprint density at radius 1 is 1.25 bits per heavy atom. The van der Waals surface area contributed by atoms with E-state index in [1.54, 1.807) is 9.13 Å². The highest BCUT2D eigenvalue weighted by Gasteiger charge is 2.22. The normalized spacial score (nSPS) is 17.6. The number of nitrogens with zero attached hydrogens (tertiary/aromatic N) is 2. The molecule has 4 heteroatoms. The third-order valence-corrected chi connectivity index (χ3v) is 4.33. The lowest BCUT2D eigenvalue weighted by Gasteiger charge is -2.25. The molecule has 0 radical (unpaired) electrons. The summed E-state index contributed by atoms with van der Waals surface area (Å²) in [5.41, 5.74) is 2.32. The Kier molecular flexibility index (Phi) is 3.24. The third-order valence-electron chi connectivity index (χ3n) is 4.33. The zero-order valence-corrected chi connectivity index (χ0v) is 12.1. The first-order valence-electron chi connectivity index (χ1n) is 7.41. The summed E-state index contributed by atoms with van der Waals surface area (Å²) in [4.78, 5) is 24.6. The van der Waals surface area contributed by atoms with Gasteiger partial charge >= 0.3 is 11.1 Å². The Morgan fingerprint density at radius 3 is 2.80 bits per heavy atom. The van der Waals surface area contributed by atoms with Gasteiger partial charge in [-0.2, -0.15) is 0 Å². The maximum atomic E-state index is 12.3. The van der Waals surface area contributed by atoms with Gasteiger partial charge in [0.25, 0.3) is 0 Å². The summed E-state index contributed by atoms with van der Waals surface area (Å²) >= 11 is 0. The van der Waals surface area contributed by atoms with E-state index >= 15 is 0 Å². The van der Waals surface area contributed by atoms with Gasteiger partial charge in [0.05, 0.1) is 11.0 Å². The Balaban J connectivity index is 2.40. The van der Waals surface area contributed by atoms with E-state index < -0.39 is 0 Å². The van der Waals surface area contributed by atoms with Crippen molar-refractivity contribution in [3.05, 3.63) is 44.5 Å². The van der Waals surface area contributed by atoms with Crippen LogP contribution in [-0.2, 0) is 13.1 Å². The summed E-state index contributed by atoms with van der Waals surface area (Å²) in [5.74, 6) is 0.440. The summed E-state index contributed by atoms with van der Waals surface area (Å²) in [6, 6.07) is 6.04. The lowest BCUT2D eigenvalue weighted by molar-refractivity contribution is 0.531. The standard InChI is InChI=1S/C16H20N2O2/c1-3-4-9-17-13-7-5-6-12-11(2)8-10-18(14(12)13)16(20)15(17)19/h5-7,11H,3-4,8-10H2,1-2H3. The molecule has 2 heterocycles. The van der Waals surface area contributed by atoms with Gasteiger partial charge in [0.2, 0.25) is 0 Å². The van der Waals surface area contributed by atoms with Crippen molar-refractivity contribution >= 4 is 11.0 Å². The number of rotatable bonds is 3. The highest BCUT2D eigenvalue weighted by molar-refractivity contribution is 5.80. The monoisotopic (exact) mass is 272 g/mol. The van der Waals surface area contributed by atoms with Crippen molar-refractivity contribution in [3.8, 4) is 0 Å². The molecule has 0 N–H and O–H groups in total. The second kappa shape index (κ2) is 4.93. The number of para-hydroxylation sites is 1. The molecule has 20 heavy (non-hydrogen) atoms. The number of hydrogen-bond donors (Lipinski definition) is 0. The van der Waals surface area contributed by atoms with E-state index in [4.69, 9.17) is 0 Å². The summed E-state index contributed by atoms with van der Waals surface area (Å²) in [6.07, 6.45) is 2.84. The van der Waals surface area contributed by atoms with Crippen molar-refractivity contribution in [3.63, 3.8) is 0 Å². The van der Waals surface area contributed by atoms with Crippen LogP contribution in [0.15, 0.2) is 27.8 Å². The van der Waals surface area contributed by atoms with Crippen LogP contribution in [0.1, 0.15) is 44.6 Å². The Hall–Kier alpha value is -1.84. The van der Waals surface area contributed by atoms with Gasteiger partial charge in [-0.15, -0.1) is 0 Å². The lowest BCUT2D eigenvalue weighted by Crippen LogP contribution is -2.43. The molecule has 1 aliphatic rings. The molecule has 2 aromatic rings. The molecule has 4 nitrogen and oxygen atoms in total. The van der Waals surface area contributed by atoms with Crippen molar-refractivity contribution in [1.82, 2.24) is 9.13 Å². The van der Waals surface area contributed by atoms with Gasteiger partial charge in [-0.25, -0.2) is 0 Å². The van der Waals surface area contributed by atoms with E-state index in [1.807, 2.05) is 12.1 Å². The molecule has 0 saturated carbocycles. The van der Waals surface area contributed by atoms with Crippen molar-refractivity contribution in [2.24, 2.45) is 0 Å². The first-order chi connectivity index (χ1) is 9.65. The SMILES string of the molecule is CCCCn1c(=O)c(=O)n2c3c(cccc31)C(C)CC2. The Labute approximate surface area is 117 Å². The van der Waals surface area contributed by atoms with Gasteiger partial charge in [-0.1, -0.05) is 32.4 Å². The first-order valence-corrected chi connectivity index (χ1v) is 7.41. The third kappa shape index (κ3) is 1.82. The molecular weight excluding hydrogens is 252 g/mol. The van der Waals surface area contributed by atoms with Crippen LogP contribution < -0.4 is 11.1 Å². The van der Waals surface area contributed by atoms with Gasteiger partial charge < -0.3 is 9.13 Å². The minimum atomic E-state index is -0.377. The Bertz CT molecular complexity index is 770. The molecule has 0 fully saturated rings. The van der Waals surface area contributed by atoms with Crippen LogP contribution in [0.4, 0.5) is 0 Å². The Morgan fingerprint density at radius 2 is 2.05 bits per heavy atom. The molecule has 1 aliphatic heterocycles. The molecule has 0 spiro atoms. The summed E-state index contributed by atoms with van der Waals surface area (Å²) < 4.78 is 3.34. The van der Waals surface area contributed by atoms with Gasteiger partial charge in [-0.3, -0.25) is 9.59 Å². The maximum absolute atomic E-state index is 12.3. The van der Waals surface area contributed by atoms with Crippen LogP contribution in [0.2, 0.25) is 0 Å². The van der Waals surface area contributed by atoms with Crippen molar-refractivity contribution in [2.75, 3.05) is 0 Å². The number of aromatic nitrogens is 2. The number of aryl methyl sites for hydroxylation is 2. The molecule has 0 saturated heterocycles. The van der Waals surface area contributed by atoms with Crippen molar-refractivity contribution in [2.45, 2.75) is 52.1 Å². The number of hydrogen-bond acceptors (Lipinski definition) is 2. The zero-order chi connectivity index (χ0) is 14.3. The van der Waals surface area contributed by atoms with Crippen LogP contribution in [0.3, 0.4) is 0 Å². The fourth-order valence-electron chi connectivity index (χ4n) is 3.13. The number of benzene rings is 1. The van der Waals surface area contributed by atoms with E-state index in [0.717, 1.165) is 30.3 Å². The number of unbranched alkanes of at least 4 members (excludes halogenated alkanes) is 1. The topological polar surface area (TPSA) is 44.0 Å². The molecule has 0 amide bonds. The molecule has 1 aromatic heterocycles. The molecule has 0 aliphatic carbocycles. The largest absolute Gasteiger partial charge is 0.316 e. The predicted molar refractivity (Wildman–Crippen MR) is 80.4 cm³/mol. The second-order valence-electron chi connectivity index (χ2n) is 5.67. The van der Waals surface area contributed by atoms with E-state index in [1.165, 1.54) is 5.56 Å². The zero-order valence-electron chi connectivity index (χ0n) is 12.1. The first kappa shape index (κ1) is 13.2. The summed E-state index contributed by atoms with van der Waals surface area (Å²) in [6.45, 7) is 5.55. The van der Waals surface area contributed by atoms with Gasteiger partial charge in [-0.05, 0) is 30.4 Å². The smallest absolute Gasteiger partial charge is 0.302 e. The highest BCUT2D eigenvalue weighted by Crippen LogP contribution is 2.30. The molecular formula is C16H20N2O2. The molecule has 1 atom stereocenters. The van der Waals surface area contributed by atoms with Crippen LogP contribution in [-0.4, -0.2) is 9.13 Å². The predicted octanol–water partition coefficient (Wildman–Crippen LogP) is 2.47. The quantitative estimate of drug-likeness (QED) is 0.806. The van der Waals surface area contributed by atoms with E-state index in [9.17, 15) is 9.59 Å². The van der Waals surface area contributed by atoms with Crippen molar-refractivity contribution in [1.29, 1.82) is 0 Å². The molecule has 0 bridgehead atoms. The molecule has 106 valence electrons. The van der Waals surface area contributed by atoms with Gasteiger partial charge in [0, 0.05) is 13.1 Å². The van der Waals surface area contributed by atoms with Crippen LogP contribution >= 0.6 is 0 Å². The lowest BCUT2D eigenvalue weighted by atomic mass is 9.93. The van der Waals surface area contributed by atoms with Crippen LogP contribution in [0.5, 0.6) is 0 Å². The minimum Gasteiger partial charge on any atom is -0.302 e. The van der Waals surface area contributed by atoms with E-state index in [2.05, 4.69) is 19.9 Å². The van der Waals surface area contributed by atoms with E-state index in [-0.39, 0.29) is 11.1 Å². The average molecular weight is 272 g/mol. The van der Waals surface area contributed by atoms with Crippen molar-refractivity contribution < 1.29 is 0 Å². The molecule has 1 unspecified atom stereocenters. The van der Waals surface area contributed by atoms with Crippen LogP contribution in [0, 0.1) is 0 Å². The van der Waals surface area contributed by atoms with Gasteiger partial charge in [0.1, 0.15) is 0 Å². The highest BCUT2D eigenvalue weighted by atomic mass is 16.2. The minimum absolute atomic E-state index is 0.368.